The van der Waals surface area contributed by atoms with E-state index >= 15 is 0 Å². The zero-order valence-corrected chi connectivity index (χ0v) is 18.4. The zero-order chi connectivity index (χ0) is 20.9. The highest BCUT2D eigenvalue weighted by Gasteiger charge is 2.16. The Morgan fingerprint density at radius 2 is 2.07 bits per heavy atom. The molecular weight excluding hydrogens is 416 g/mol. The molecule has 2 aromatic heterocycles. The van der Waals surface area contributed by atoms with Gasteiger partial charge in [0.25, 0.3) is 0 Å². The molecule has 1 aliphatic rings. The van der Waals surface area contributed by atoms with Gasteiger partial charge in [0.15, 0.2) is 5.13 Å². The maximum atomic E-state index is 12.5. The first-order valence-corrected chi connectivity index (χ1v) is 11.8. The van der Waals surface area contributed by atoms with Gasteiger partial charge in [-0.3, -0.25) is 4.79 Å². The fourth-order valence-electron chi connectivity index (χ4n) is 3.53. The largest absolute Gasteiger partial charge is 0.497 e. The molecule has 6 nitrogen and oxygen atoms in total. The van der Waals surface area contributed by atoms with Crippen LogP contribution in [0.2, 0.25) is 0 Å². The Morgan fingerprint density at radius 1 is 1.23 bits per heavy atom. The highest BCUT2D eigenvalue weighted by atomic mass is 32.2. The van der Waals surface area contributed by atoms with Crippen LogP contribution in [-0.4, -0.2) is 28.7 Å². The van der Waals surface area contributed by atoms with Crippen molar-refractivity contribution in [2.24, 2.45) is 0 Å². The first-order chi connectivity index (χ1) is 14.7. The number of thiazole rings is 1. The molecule has 1 N–H and O–H groups in total. The van der Waals surface area contributed by atoms with Gasteiger partial charge in [-0.15, -0.1) is 0 Å². The number of aryl methyl sites for hydroxylation is 2. The van der Waals surface area contributed by atoms with Crippen LogP contribution in [0.25, 0.3) is 10.2 Å². The lowest BCUT2D eigenvalue weighted by molar-refractivity contribution is -0.113. The number of nitrogens with one attached hydrogen (secondary N) is 1. The summed E-state index contributed by atoms with van der Waals surface area (Å²) in [4.78, 5) is 21.7. The van der Waals surface area contributed by atoms with E-state index in [0.717, 1.165) is 47.3 Å². The number of anilines is 1. The van der Waals surface area contributed by atoms with Crippen LogP contribution >= 0.6 is 23.1 Å². The Morgan fingerprint density at radius 3 is 2.87 bits per heavy atom. The van der Waals surface area contributed by atoms with Crippen molar-refractivity contribution < 1.29 is 9.53 Å². The van der Waals surface area contributed by atoms with E-state index in [1.165, 1.54) is 41.5 Å². The fraction of sp³-hybridized carbons (Fsp3) is 0.364. The smallest absolute Gasteiger partial charge is 0.236 e. The molecular formula is C22H22N4O2S2. The van der Waals surface area contributed by atoms with E-state index in [-0.39, 0.29) is 11.7 Å². The van der Waals surface area contributed by atoms with Gasteiger partial charge in [0.1, 0.15) is 16.8 Å². The van der Waals surface area contributed by atoms with Crippen LogP contribution in [0.3, 0.4) is 0 Å². The Labute approximate surface area is 183 Å². The second-order valence-electron chi connectivity index (χ2n) is 7.16. The number of methoxy groups -OCH3 is 1. The van der Waals surface area contributed by atoms with Gasteiger partial charge in [0.2, 0.25) is 5.91 Å². The monoisotopic (exact) mass is 438 g/mol. The van der Waals surface area contributed by atoms with E-state index in [2.05, 4.69) is 16.4 Å². The van der Waals surface area contributed by atoms with Crippen LogP contribution in [0.5, 0.6) is 5.75 Å². The highest BCUT2D eigenvalue weighted by Crippen LogP contribution is 2.30. The first kappa shape index (κ1) is 20.6. The molecule has 4 rings (SSSR count). The summed E-state index contributed by atoms with van der Waals surface area (Å²) in [5.74, 6) is 0.775. The topological polar surface area (TPSA) is 87.9 Å². The Kier molecular flexibility index (Phi) is 6.50. The van der Waals surface area contributed by atoms with E-state index < -0.39 is 0 Å². The maximum absolute atomic E-state index is 12.5. The van der Waals surface area contributed by atoms with E-state index in [4.69, 9.17) is 9.72 Å². The average Bonchev–Trinajstić information content (AvgIpc) is 3.13. The van der Waals surface area contributed by atoms with Crippen molar-refractivity contribution in [2.45, 2.75) is 43.6 Å². The minimum absolute atomic E-state index is 0.163. The number of hydrogen-bond donors (Lipinski definition) is 1. The van der Waals surface area contributed by atoms with Crippen LogP contribution in [0.4, 0.5) is 5.13 Å². The van der Waals surface area contributed by atoms with E-state index in [9.17, 15) is 10.1 Å². The van der Waals surface area contributed by atoms with Crippen LogP contribution in [0, 0.1) is 11.3 Å². The number of rotatable bonds is 5. The summed E-state index contributed by atoms with van der Waals surface area (Å²) >= 11 is 2.72. The third-order valence-electron chi connectivity index (χ3n) is 5.07. The normalized spacial score (nSPS) is 13.7. The number of thioether (sulfide) groups is 1. The van der Waals surface area contributed by atoms with Gasteiger partial charge in [-0.05, 0) is 55.5 Å². The number of pyridine rings is 1. The SMILES string of the molecule is COc1ccc2nc(NC(=O)CSc3nc4c(cc3C#N)CCCCCC4)sc2c1. The quantitative estimate of drug-likeness (QED) is 0.567. The molecule has 0 radical (unpaired) electrons. The fourth-order valence-corrected chi connectivity index (χ4v) is 5.22. The van der Waals surface area contributed by atoms with Crippen molar-refractivity contribution in [3.05, 3.63) is 41.1 Å². The van der Waals surface area contributed by atoms with Gasteiger partial charge in [0.05, 0.1) is 28.6 Å². The van der Waals surface area contributed by atoms with Gasteiger partial charge in [-0.25, -0.2) is 9.97 Å². The lowest BCUT2D eigenvalue weighted by Gasteiger charge is -2.15. The van der Waals surface area contributed by atoms with Crippen molar-refractivity contribution in [2.75, 3.05) is 18.2 Å². The number of ether oxygens (including phenoxy) is 1. The maximum Gasteiger partial charge on any atom is 0.236 e. The molecule has 0 fully saturated rings. The van der Waals surface area contributed by atoms with Crippen LogP contribution in [0.15, 0.2) is 29.3 Å². The van der Waals surface area contributed by atoms with Crippen molar-refractivity contribution >= 4 is 44.4 Å². The van der Waals surface area contributed by atoms with E-state index in [1.54, 1.807) is 7.11 Å². The third-order valence-corrected chi connectivity index (χ3v) is 6.99. The number of carbonyl (C=O) groups is 1. The molecule has 0 atom stereocenters. The van der Waals surface area contributed by atoms with E-state index in [1.807, 2.05) is 24.3 Å². The van der Waals surface area contributed by atoms with Gasteiger partial charge in [0, 0.05) is 5.69 Å². The number of benzene rings is 1. The number of carbonyl (C=O) groups excluding carboxylic acids is 1. The summed E-state index contributed by atoms with van der Waals surface area (Å²) in [6.45, 7) is 0. The predicted molar refractivity (Wildman–Crippen MR) is 120 cm³/mol. The van der Waals surface area contributed by atoms with Gasteiger partial charge < -0.3 is 10.1 Å². The minimum Gasteiger partial charge on any atom is -0.497 e. The number of fused-ring (bicyclic) bond motifs is 2. The number of nitriles is 1. The molecule has 0 bridgehead atoms. The van der Waals surface area contributed by atoms with Crippen LogP contribution in [0.1, 0.15) is 42.5 Å². The predicted octanol–water partition coefficient (Wildman–Crippen LogP) is 4.96. The van der Waals surface area contributed by atoms with Gasteiger partial charge in [-0.1, -0.05) is 35.9 Å². The molecule has 0 aliphatic heterocycles. The third kappa shape index (κ3) is 4.74. The molecule has 30 heavy (non-hydrogen) atoms. The lowest BCUT2D eigenvalue weighted by Crippen LogP contribution is -2.14. The molecule has 3 aromatic rings. The van der Waals surface area contributed by atoms with Crippen LogP contribution in [-0.2, 0) is 17.6 Å². The first-order valence-electron chi connectivity index (χ1n) is 9.96. The molecule has 1 amide bonds. The standard InChI is InChI=1S/C22H22N4O2S2/c1-28-16-8-9-18-19(11-16)30-22(25-18)26-20(27)13-29-21-15(12-23)10-14-6-4-2-3-5-7-17(14)24-21/h8-11H,2-7,13H2,1H3,(H,25,26,27). The summed E-state index contributed by atoms with van der Waals surface area (Å²) in [7, 11) is 1.62. The molecule has 0 saturated heterocycles. The Balaban J connectivity index is 1.44. The summed E-state index contributed by atoms with van der Waals surface area (Å²) in [6.07, 6.45) is 6.64. The van der Waals surface area contributed by atoms with Crippen molar-refractivity contribution in [3.8, 4) is 11.8 Å². The van der Waals surface area contributed by atoms with Crippen molar-refractivity contribution in [1.82, 2.24) is 9.97 Å². The summed E-state index contributed by atoms with van der Waals surface area (Å²) in [6, 6.07) is 9.83. The van der Waals surface area contributed by atoms with Crippen LogP contribution < -0.4 is 10.1 Å². The number of hydrogen-bond acceptors (Lipinski definition) is 7. The minimum atomic E-state index is -0.163. The molecule has 0 unspecified atom stereocenters. The zero-order valence-electron chi connectivity index (χ0n) is 16.7. The second kappa shape index (κ2) is 9.45. The molecule has 1 aromatic carbocycles. The van der Waals surface area contributed by atoms with E-state index in [0.29, 0.717) is 15.7 Å². The lowest BCUT2D eigenvalue weighted by atomic mass is 9.96. The van der Waals surface area contributed by atoms with Crippen molar-refractivity contribution in [1.29, 1.82) is 5.26 Å². The average molecular weight is 439 g/mol. The summed E-state index contributed by atoms with van der Waals surface area (Å²) < 4.78 is 6.18. The highest BCUT2D eigenvalue weighted by molar-refractivity contribution is 8.00. The van der Waals surface area contributed by atoms with Crippen molar-refractivity contribution in [3.63, 3.8) is 0 Å². The Bertz CT molecular complexity index is 1120. The summed E-state index contributed by atoms with van der Waals surface area (Å²) in [5.41, 5.74) is 3.64. The van der Waals surface area contributed by atoms with Gasteiger partial charge in [-0.2, -0.15) is 5.26 Å². The number of nitrogens with zero attached hydrogens (tertiary/aromatic N) is 3. The van der Waals surface area contributed by atoms with Gasteiger partial charge >= 0.3 is 0 Å². The molecule has 0 spiro atoms. The molecule has 0 saturated carbocycles. The molecule has 8 heteroatoms. The second-order valence-corrected chi connectivity index (χ2v) is 9.16. The number of aromatic nitrogens is 2. The number of amides is 1. The molecule has 1 aliphatic carbocycles. The molecule has 2 heterocycles. The Hall–Kier alpha value is -2.63. The summed E-state index contributed by atoms with van der Waals surface area (Å²) in [5, 5.41) is 13.6. The molecule has 154 valence electrons.